The molecule has 0 aliphatic heterocycles. The lowest BCUT2D eigenvalue weighted by Crippen LogP contribution is -1.98. The third-order valence-corrected chi connectivity index (χ3v) is 3.22. The summed E-state index contributed by atoms with van der Waals surface area (Å²) in [5.41, 5.74) is 1.86. The minimum Gasteiger partial charge on any atom is -0.504 e. The molecule has 5 nitrogen and oxygen atoms in total. The van der Waals surface area contributed by atoms with Crippen LogP contribution in [0.1, 0.15) is 16.2 Å². The highest BCUT2D eigenvalue weighted by Crippen LogP contribution is 2.34. The Morgan fingerprint density at radius 1 is 1.29 bits per heavy atom. The molecule has 0 radical (unpaired) electrons. The van der Waals surface area contributed by atoms with Gasteiger partial charge in [0.25, 0.3) is 0 Å². The summed E-state index contributed by atoms with van der Waals surface area (Å²) >= 11 is 0. The van der Waals surface area contributed by atoms with Gasteiger partial charge in [0.1, 0.15) is 5.82 Å². The first-order chi connectivity index (χ1) is 9.95. The summed E-state index contributed by atoms with van der Waals surface area (Å²) in [4.78, 5) is 18.3. The highest BCUT2D eigenvalue weighted by atomic mass is 19.1. The maximum atomic E-state index is 13.7. The van der Waals surface area contributed by atoms with Gasteiger partial charge in [0.15, 0.2) is 11.6 Å². The van der Waals surface area contributed by atoms with Crippen molar-refractivity contribution in [2.45, 2.75) is 6.92 Å². The van der Waals surface area contributed by atoms with Crippen LogP contribution in [-0.4, -0.2) is 26.2 Å². The number of carboxylic acid groups (broad SMARTS) is 1. The number of fused-ring (bicyclic) bond motifs is 1. The maximum absolute atomic E-state index is 13.7. The van der Waals surface area contributed by atoms with Crippen molar-refractivity contribution in [2.75, 3.05) is 0 Å². The number of aromatic carboxylic acids is 1. The molecule has 3 rings (SSSR count). The number of imidazole rings is 1. The van der Waals surface area contributed by atoms with Gasteiger partial charge in [0.2, 0.25) is 0 Å². The zero-order valence-corrected chi connectivity index (χ0v) is 11.0. The van der Waals surface area contributed by atoms with Gasteiger partial charge in [-0.2, -0.15) is 0 Å². The van der Waals surface area contributed by atoms with Gasteiger partial charge >= 0.3 is 5.97 Å². The fraction of sp³-hybridized carbons (Fsp3) is 0.0667. The van der Waals surface area contributed by atoms with E-state index in [0.29, 0.717) is 11.1 Å². The number of hydrogen-bond donors (Lipinski definition) is 3. The monoisotopic (exact) mass is 286 g/mol. The molecule has 1 aromatic heterocycles. The van der Waals surface area contributed by atoms with Gasteiger partial charge in [0.05, 0.1) is 16.6 Å². The zero-order valence-electron chi connectivity index (χ0n) is 11.0. The van der Waals surface area contributed by atoms with E-state index in [-0.39, 0.29) is 11.1 Å². The molecular weight excluding hydrogens is 275 g/mol. The average Bonchev–Trinajstić information content (AvgIpc) is 2.80. The Balaban J connectivity index is 2.23. The van der Waals surface area contributed by atoms with E-state index in [9.17, 15) is 14.3 Å². The van der Waals surface area contributed by atoms with Crippen LogP contribution in [0.15, 0.2) is 30.3 Å². The Morgan fingerprint density at radius 2 is 2.05 bits per heavy atom. The van der Waals surface area contributed by atoms with Crippen molar-refractivity contribution in [2.24, 2.45) is 0 Å². The minimum absolute atomic E-state index is 0.120. The van der Waals surface area contributed by atoms with Crippen LogP contribution in [-0.2, 0) is 0 Å². The second-order valence-corrected chi connectivity index (χ2v) is 4.71. The molecule has 0 amide bonds. The first-order valence-corrected chi connectivity index (χ1v) is 6.18. The first-order valence-electron chi connectivity index (χ1n) is 6.18. The number of aromatic nitrogens is 2. The molecule has 0 spiro atoms. The number of aromatic amines is 1. The minimum atomic E-state index is -1.26. The predicted octanol–water partition coefficient (Wildman–Crippen LogP) is 3.08. The van der Waals surface area contributed by atoms with Gasteiger partial charge in [-0.05, 0) is 36.8 Å². The number of aromatic hydroxyl groups is 1. The van der Waals surface area contributed by atoms with Crippen molar-refractivity contribution >= 4 is 17.0 Å². The highest BCUT2D eigenvalue weighted by molar-refractivity contribution is 5.91. The summed E-state index contributed by atoms with van der Waals surface area (Å²) in [7, 11) is 0. The fourth-order valence-electron chi connectivity index (χ4n) is 2.24. The van der Waals surface area contributed by atoms with Crippen LogP contribution in [0, 0.1) is 12.7 Å². The third-order valence-electron chi connectivity index (χ3n) is 3.22. The fourth-order valence-corrected chi connectivity index (χ4v) is 2.24. The van der Waals surface area contributed by atoms with Crippen molar-refractivity contribution < 1.29 is 19.4 Å². The molecule has 0 atom stereocenters. The quantitative estimate of drug-likeness (QED) is 0.675. The van der Waals surface area contributed by atoms with Crippen molar-refractivity contribution in [3.8, 4) is 16.9 Å². The van der Waals surface area contributed by atoms with E-state index in [1.54, 1.807) is 18.2 Å². The number of nitrogens with one attached hydrogen (secondary N) is 1. The van der Waals surface area contributed by atoms with Crippen LogP contribution in [0.25, 0.3) is 22.2 Å². The molecule has 0 saturated carbocycles. The molecule has 0 fully saturated rings. The summed E-state index contributed by atoms with van der Waals surface area (Å²) in [5.74, 6) is -2.07. The van der Waals surface area contributed by atoms with Gasteiger partial charge in [-0.3, -0.25) is 0 Å². The number of hydrogen-bond acceptors (Lipinski definition) is 3. The number of aryl methyl sites for hydroxylation is 1. The highest BCUT2D eigenvalue weighted by Gasteiger charge is 2.15. The third kappa shape index (κ3) is 2.20. The molecule has 6 heteroatoms. The molecule has 1 heterocycles. The molecule has 106 valence electrons. The van der Waals surface area contributed by atoms with E-state index in [2.05, 4.69) is 9.97 Å². The molecule has 21 heavy (non-hydrogen) atoms. The zero-order chi connectivity index (χ0) is 15.1. The molecule has 0 aliphatic rings. The van der Waals surface area contributed by atoms with E-state index >= 15 is 0 Å². The number of phenolic OH excluding ortho intramolecular Hbond substituents is 1. The summed E-state index contributed by atoms with van der Waals surface area (Å²) in [6.45, 7) is 1.81. The molecule has 3 N–H and O–H groups in total. The molecule has 0 saturated heterocycles. The van der Waals surface area contributed by atoms with E-state index < -0.39 is 17.5 Å². The normalized spacial score (nSPS) is 11.0. The van der Waals surface area contributed by atoms with Crippen LogP contribution in [0.2, 0.25) is 0 Å². The van der Waals surface area contributed by atoms with Gasteiger partial charge in [-0.1, -0.05) is 6.07 Å². The topological polar surface area (TPSA) is 86.2 Å². The molecule has 0 bridgehead atoms. The number of carboxylic acids is 1. The predicted molar refractivity (Wildman–Crippen MR) is 74.8 cm³/mol. The number of nitrogens with zero attached hydrogens (tertiary/aromatic N) is 1. The Morgan fingerprint density at radius 3 is 2.76 bits per heavy atom. The lowest BCUT2D eigenvalue weighted by Gasteiger charge is -2.07. The second kappa shape index (κ2) is 4.59. The Hall–Kier alpha value is -2.89. The number of benzene rings is 2. The van der Waals surface area contributed by atoms with E-state index in [4.69, 9.17) is 5.11 Å². The number of phenols is 1. The van der Waals surface area contributed by atoms with Crippen LogP contribution < -0.4 is 0 Å². The Kier molecular flexibility index (Phi) is 2.86. The van der Waals surface area contributed by atoms with Crippen LogP contribution in [0.5, 0.6) is 5.75 Å². The largest absolute Gasteiger partial charge is 0.504 e. The summed E-state index contributed by atoms with van der Waals surface area (Å²) in [5, 5.41) is 18.8. The average molecular weight is 286 g/mol. The van der Waals surface area contributed by atoms with E-state index in [1.807, 2.05) is 6.92 Å². The van der Waals surface area contributed by atoms with Crippen molar-refractivity contribution in [3.05, 3.63) is 47.5 Å². The smallest absolute Gasteiger partial charge is 0.335 e. The van der Waals surface area contributed by atoms with Gasteiger partial charge in [-0.15, -0.1) is 0 Å². The van der Waals surface area contributed by atoms with Gasteiger partial charge < -0.3 is 15.2 Å². The first kappa shape index (κ1) is 13.1. The lowest BCUT2D eigenvalue weighted by molar-refractivity contribution is 0.0696. The number of H-pyrrole nitrogens is 1. The molecular formula is C15H11FN2O3. The van der Waals surface area contributed by atoms with Gasteiger partial charge in [-0.25, -0.2) is 14.2 Å². The summed E-state index contributed by atoms with van der Waals surface area (Å²) in [6.07, 6.45) is 0. The Labute approximate surface area is 118 Å². The van der Waals surface area contributed by atoms with Crippen molar-refractivity contribution in [1.82, 2.24) is 9.97 Å². The van der Waals surface area contributed by atoms with Gasteiger partial charge in [0, 0.05) is 5.56 Å². The van der Waals surface area contributed by atoms with Crippen molar-refractivity contribution in [1.29, 1.82) is 0 Å². The number of carbonyl (C=O) groups is 1. The van der Waals surface area contributed by atoms with Crippen molar-refractivity contribution in [3.63, 3.8) is 0 Å². The molecule has 0 unspecified atom stereocenters. The van der Waals surface area contributed by atoms with E-state index in [1.165, 1.54) is 6.07 Å². The van der Waals surface area contributed by atoms with Crippen LogP contribution in [0.4, 0.5) is 4.39 Å². The van der Waals surface area contributed by atoms with Crippen LogP contribution >= 0.6 is 0 Å². The Bertz CT molecular complexity index is 871. The molecule has 3 aromatic rings. The SMILES string of the molecule is Cc1nc2cc(-c3cc(C(=O)O)cc(F)c3O)ccc2[nH]1. The summed E-state index contributed by atoms with van der Waals surface area (Å²) < 4.78 is 13.7. The molecule has 0 aliphatic carbocycles. The molecule has 2 aromatic carbocycles. The van der Waals surface area contributed by atoms with Crippen LogP contribution in [0.3, 0.4) is 0 Å². The lowest BCUT2D eigenvalue weighted by atomic mass is 10.0. The summed E-state index contributed by atoms with van der Waals surface area (Å²) in [6, 6.07) is 7.11. The maximum Gasteiger partial charge on any atom is 0.335 e. The number of halogens is 1. The standard InChI is InChI=1S/C15H11FN2O3/c1-7-17-12-3-2-8(6-13(12)18-7)10-4-9(15(20)21)5-11(16)14(10)19/h2-6,19H,1H3,(H,17,18)(H,20,21). The van der Waals surface area contributed by atoms with E-state index in [0.717, 1.165) is 17.4 Å². The number of rotatable bonds is 2. The second-order valence-electron chi connectivity index (χ2n) is 4.71.